The molecule has 0 amide bonds. The maximum atomic E-state index is 12.3. The van der Waals surface area contributed by atoms with E-state index < -0.39 is 23.7 Å². The van der Waals surface area contributed by atoms with Crippen molar-refractivity contribution >= 4 is 5.78 Å². The topological polar surface area (TPSA) is 107 Å². The van der Waals surface area contributed by atoms with Gasteiger partial charge in [0.15, 0.2) is 12.2 Å². The summed E-state index contributed by atoms with van der Waals surface area (Å²) in [5.41, 5.74) is 0.877. The van der Waals surface area contributed by atoms with Crippen LogP contribution in [0, 0.1) is 6.92 Å². The summed E-state index contributed by atoms with van der Waals surface area (Å²) in [4.78, 5) is 12.3. The number of Topliss-reactive ketones (excluding diaryl/α,β-unsaturated/α-hetero) is 1. The predicted molar refractivity (Wildman–Crippen MR) is 76.3 cm³/mol. The van der Waals surface area contributed by atoms with Gasteiger partial charge >= 0.3 is 0 Å². The Morgan fingerprint density at radius 1 is 1.05 bits per heavy atom. The van der Waals surface area contributed by atoms with Gasteiger partial charge in [-0.25, -0.2) is 0 Å². The van der Waals surface area contributed by atoms with Gasteiger partial charge in [0.1, 0.15) is 28.6 Å². The Hall–Kier alpha value is -2.73. The summed E-state index contributed by atoms with van der Waals surface area (Å²) in [6.07, 6.45) is -2.70. The first kappa shape index (κ1) is 14.2. The zero-order valence-electron chi connectivity index (χ0n) is 11.6. The number of ketones is 1. The van der Waals surface area contributed by atoms with Crippen molar-refractivity contribution in [3.63, 3.8) is 0 Å². The average molecular weight is 302 g/mol. The summed E-state index contributed by atoms with van der Waals surface area (Å²) >= 11 is 0. The zero-order chi connectivity index (χ0) is 16.0. The molecule has 1 aliphatic rings. The van der Waals surface area contributed by atoms with Gasteiger partial charge < -0.3 is 25.2 Å². The maximum absolute atomic E-state index is 12.3. The number of hydrogen-bond donors (Lipinski definition) is 4. The number of aliphatic hydroxyl groups excluding tert-OH is 1. The lowest BCUT2D eigenvalue weighted by molar-refractivity contribution is 0.0203. The average Bonchev–Trinajstić information content (AvgIpc) is 2.42. The van der Waals surface area contributed by atoms with Gasteiger partial charge in [-0.3, -0.25) is 4.79 Å². The third kappa shape index (κ3) is 2.14. The molecule has 1 aliphatic heterocycles. The van der Waals surface area contributed by atoms with Crippen molar-refractivity contribution in [2.75, 3.05) is 0 Å². The summed E-state index contributed by atoms with van der Waals surface area (Å²) in [5, 5.41) is 39.4. The lowest BCUT2D eigenvalue weighted by Crippen LogP contribution is -2.36. The molecule has 0 saturated carbocycles. The smallest absolute Gasteiger partial charge is 0.202 e. The van der Waals surface area contributed by atoms with E-state index >= 15 is 0 Å². The van der Waals surface area contributed by atoms with E-state index in [1.807, 2.05) is 0 Å². The summed E-state index contributed by atoms with van der Waals surface area (Å²) in [6.45, 7) is 1.79. The standard InChI is InChI=1S/C16H14O6/c1-7-2-3-9(10(18)4-7)16-15(21)14(20)13-11(19)5-8(17)6-12(13)22-16/h2-6,15-19,21H,1H3. The van der Waals surface area contributed by atoms with Crippen molar-refractivity contribution in [1.82, 2.24) is 0 Å². The van der Waals surface area contributed by atoms with E-state index in [0.717, 1.165) is 11.6 Å². The normalized spacial score (nSPS) is 20.4. The number of phenols is 3. The third-order valence-electron chi connectivity index (χ3n) is 3.61. The van der Waals surface area contributed by atoms with Crippen LogP contribution in [0.1, 0.15) is 27.6 Å². The Kier molecular flexibility index (Phi) is 3.18. The molecule has 3 rings (SSSR count). The number of aromatic hydroxyl groups is 3. The van der Waals surface area contributed by atoms with Gasteiger partial charge in [-0.2, -0.15) is 0 Å². The number of carbonyl (C=O) groups excluding carboxylic acids is 1. The molecular weight excluding hydrogens is 288 g/mol. The maximum Gasteiger partial charge on any atom is 0.202 e. The number of aliphatic hydroxyl groups is 1. The molecule has 0 bridgehead atoms. The van der Waals surface area contributed by atoms with Gasteiger partial charge in [-0.05, 0) is 18.6 Å². The molecule has 6 heteroatoms. The van der Waals surface area contributed by atoms with Crippen LogP contribution >= 0.6 is 0 Å². The molecule has 6 nitrogen and oxygen atoms in total. The number of rotatable bonds is 1. The molecule has 0 aromatic heterocycles. The second-order valence-corrected chi connectivity index (χ2v) is 5.25. The first-order chi connectivity index (χ1) is 10.4. The van der Waals surface area contributed by atoms with Crippen molar-refractivity contribution in [3.8, 4) is 23.0 Å². The number of carbonyl (C=O) groups is 1. The van der Waals surface area contributed by atoms with Crippen molar-refractivity contribution in [2.24, 2.45) is 0 Å². The number of ether oxygens (including phenoxy) is 1. The van der Waals surface area contributed by atoms with E-state index in [4.69, 9.17) is 4.74 Å². The van der Waals surface area contributed by atoms with Crippen molar-refractivity contribution in [1.29, 1.82) is 0 Å². The number of hydrogen-bond acceptors (Lipinski definition) is 6. The molecule has 0 fully saturated rings. The number of fused-ring (bicyclic) bond motifs is 1. The molecule has 2 aromatic rings. The van der Waals surface area contributed by atoms with E-state index in [2.05, 4.69) is 0 Å². The molecule has 2 atom stereocenters. The van der Waals surface area contributed by atoms with Crippen LogP contribution in [0.25, 0.3) is 0 Å². The Balaban J connectivity index is 2.11. The molecule has 22 heavy (non-hydrogen) atoms. The van der Waals surface area contributed by atoms with Crippen LogP contribution in [-0.4, -0.2) is 32.3 Å². The molecule has 114 valence electrons. The Labute approximate surface area is 125 Å². The number of aryl methyl sites for hydroxylation is 1. The van der Waals surface area contributed by atoms with Crippen LogP contribution in [-0.2, 0) is 0 Å². The first-order valence-corrected chi connectivity index (χ1v) is 6.63. The highest BCUT2D eigenvalue weighted by atomic mass is 16.5. The fourth-order valence-electron chi connectivity index (χ4n) is 2.54. The summed E-state index contributed by atoms with van der Waals surface area (Å²) < 4.78 is 5.53. The quantitative estimate of drug-likeness (QED) is 0.640. The zero-order valence-corrected chi connectivity index (χ0v) is 11.6. The summed E-state index contributed by atoms with van der Waals surface area (Å²) in [7, 11) is 0. The highest BCUT2D eigenvalue weighted by Crippen LogP contribution is 2.43. The molecule has 4 N–H and O–H groups in total. The van der Waals surface area contributed by atoms with Gasteiger partial charge in [-0.15, -0.1) is 0 Å². The van der Waals surface area contributed by atoms with Crippen LogP contribution in [0.4, 0.5) is 0 Å². The highest BCUT2D eigenvalue weighted by molar-refractivity contribution is 6.05. The largest absolute Gasteiger partial charge is 0.508 e. The van der Waals surface area contributed by atoms with Gasteiger partial charge in [0, 0.05) is 17.7 Å². The van der Waals surface area contributed by atoms with E-state index in [-0.39, 0.29) is 28.4 Å². The molecule has 0 saturated heterocycles. The van der Waals surface area contributed by atoms with Gasteiger partial charge in [-0.1, -0.05) is 12.1 Å². The molecule has 2 unspecified atom stereocenters. The lowest BCUT2D eigenvalue weighted by atomic mass is 9.92. The minimum atomic E-state index is -1.57. The van der Waals surface area contributed by atoms with Crippen molar-refractivity contribution in [3.05, 3.63) is 47.0 Å². The van der Waals surface area contributed by atoms with E-state index in [1.165, 1.54) is 12.1 Å². The van der Waals surface area contributed by atoms with Gasteiger partial charge in [0.25, 0.3) is 0 Å². The van der Waals surface area contributed by atoms with Gasteiger partial charge in [0.2, 0.25) is 5.78 Å². The minimum absolute atomic E-state index is 0.0437. The fourth-order valence-corrected chi connectivity index (χ4v) is 2.54. The molecule has 0 spiro atoms. The molecule has 0 aliphatic carbocycles. The summed E-state index contributed by atoms with van der Waals surface area (Å²) in [6, 6.07) is 6.93. The third-order valence-corrected chi connectivity index (χ3v) is 3.61. The minimum Gasteiger partial charge on any atom is -0.508 e. The van der Waals surface area contributed by atoms with E-state index in [9.17, 15) is 25.2 Å². The highest BCUT2D eigenvalue weighted by Gasteiger charge is 2.40. The molecular formula is C16H14O6. The number of benzene rings is 2. The van der Waals surface area contributed by atoms with E-state index in [1.54, 1.807) is 19.1 Å². The van der Waals surface area contributed by atoms with Crippen LogP contribution in [0.15, 0.2) is 30.3 Å². The van der Waals surface area contributed by atoms with Crippen LogP contribution in [0.2, 0.25) is 0 Å². The Bertz CT molecular complexity index is 767. The second kappa shape index (κ2) is 4.92. The Morgan fingerprint density at radius 3 is 2.45 bits per heavy atom. The van der Waals surface area contributed by atoms with Crippen molar-refractivity contribution < 1.29 is 30.0 Å². The molecule has 2 aromatic carbocycles. The van der Waals surface area contributed by atoms with E-state index in [0.29, 0.717) is 0 Å². The van der Waals surface area contributed by atoms with Crippen LogP contribution in [0.3, 0.4) is 0 Å². The summed E-state index contributed by atoms with van der Waals surface area (Å²) in [5.74, 6) is -1.62. The molecule has 1 heterocycles. The fraction of sp³-hybridized carbons (Fsp3) is 0.188. The van der Waals surface area contributed by atoms with Gasteiger partial charge in [0.05, 0.1) is 0 Å². The number of phenolic OH excluding ortho intramolecular Hbond substituents is 3. The monoisotopic (exact) mass is 302 g/mol. The van der Waals surface area contributed by atoms with Crippen LogP contribution < -0.4 is 4.74 Å². The first-order valence-electron chi connectivity index (χ1n) is 6.63. The molecule has 0 radical (unpaired) electrons. The van der Waals surface area contributed by atoms with Crippen LogP contribution in [0.5, 0.6) is 23.0 Å². The predicted octanol–water partition coefficient (Wildman–Crippen LogP) is 1.79. The SMILES string of the molecule is Cc1ccc(C2Oc3cc(O)cc(O)c3C(=O)C2O)c(O)c1. The Morgan fingerprint density at radius 2 is 1.77 bits per heavy atom. The van der Waals surface area contributed by atoms with Crippen molar-refractivity contribution in [2.45, 2.75) is 19.1 Å². The second-order valence-electron chi connectivity index (χ2n) is 5.25. The lowest BCUT2D eigenvalue weighted by Gasteiger charge is -2.30.